The number of hydrogen-bond donors (Lipinski definition) is 0. The first-order valence-electron chi connectivity index (χ1n) is 3.92. The van der Waals surface area contributed by atoms with E-state index in [0.717, 1.165) is 0 Å². The lowest BCUT2D eigenvalue weighted by molar-refractivity contribution is 1.18. The van der Waals surface area contributed by atoms with Crippen molar-refractivity contribution in [3.8, 4) is 0 Å². The molecule has 0 saturated carbocycles. The summed E-state index contributed by atoms with van der Waals surface area (Å²) in [6.45, 7) is 7.03. The van der Waals surface area contributed by atoms with E-state index >= 15 is 0 Å². The standard InChI is InChI=1S/3C2H5.CH3.Al/c3*1-2;;/h3*1H2,2H3;1H3;/q;;;;-1. The van der Waals surface area contributed by atoms with Crippen molar-refractivity contribution in [3.05, 3.63) is 0 Å². The Kier molecular flexibility index (Phi) is 3.77. The van der Waals surface area contributed by atoms with Gasteiger partial charge in [0.25, 0.3) is 0 Å². The second kappa shape index (κ2) is 3.54. The molecule has 0 atom stereocenters. The summed E-state index contributed by atoms with van der Waals surface area (Å²) < 4.78 is 0. The van der Waals surface area contributed by atoms with Crippen LogP contribution in [-0.2, 0) is 0 Å². The van der Waals surface area contributed by atoms with Crippen LogP contribution in [0.4, 0.5) is 0 Å². The van der Waals surface area contributed by atoms with Crippen LogP contribution in [0.3, 0.4) is 0 Å². The maximum absolute atomic E-state index is 2.52. The Hall–Kier alpha value is 0.532. The SMILES string of the molecule is C[CH2][Al-]([CH3])([CH2]C)[CH2]C. The zero-order valence-corrected chi connectivity index (χ0v) is 7.85. The van der Waals surface area contributed by atoms with Crippen molar-refractivity contribution in [2.24, 2.45) is 0 Å². The van der Waals surface area contributed by atoms with E-state index in [9.17, 15) is 0 Å². The van der Waals surface area contributed by atoms with Crippen molar-refractivity contribution in [2.45, 2.75) is 42.4 Å². The lowest BCUT2D eigenvalue weighted by Gasteiger charge is -2.25. The molecule has 0 aromatic carbocycles. The van der Waals surface area contributed by atoms with E-state index in [2.05, 4.69) is 26.6 Å². The molecule has 0 aliphatic carbocycles. The molecule has 0 heterocycles. The molecule has 0 unspecified atom stereocenters. The van der Waals surface area contributed by atoms with E-state index in [4.69, 9.17) is 0 Å². The minimum absolute atomic E-state index is 0.931. The molecule has 0 aliphatic rings. The third-order valence-corrected chi connectivity index (χ3v) is 8.87. The van der Waals surface area contributed by atoms with E-state index in [1.165, 1.54) is 15.8 Å². The van der Waals surface area contributed by atoms with Crippen molar-refractivity contribution in [1.29, 1.82) is 0 Å². The van der Waals surface area contributed by atoms with Crippen LogP contribution in [0.25, 0.3) is 0 Å². The van der Waals surface area contributed by atoms with Crippen LogP contribution in [0.1, 0.15) is 20.8 Å². The van der Waals surface area contributed by atoms with Crippen LogP contribution in [0.15, 0.2) is 0 Å². The first kappa shape index (κ1) is 8.53. The molecule has 0 spiro atoms. The fourth-order valence-corrected chi connectivity index (χ4v) is 2.60. The van der Waals surface area contributed by atoms with Gasteiger partial charge in [0, 0.05) is 0 Å². The highest BCUT2D eigenvalue weighted by molar-refractivity contribution is 6.78. The van der Waals surface area contributed by atoms with Gasteiger partial charge in [-0.25, -0.2) is 5.79 Å². The van der Waals surface area contributed by atoms with E-state index in [1.54, 1.807) is 0 Å². The van der Waals surface area contributed by atoms with Crippen LogP contribution in [0.5, 0.6) is 0 Å². The zero-order valence-electron chi connectivity index (χ0n) is 6.70. The van der Waals surface area contributed by atoms with Gasteiger partial charge in [0.2, 0.25) is 0 Å². The molecule has 0 aromatic heterocycles. The van der Waals surface area contributed by atoms with Gasteiger partial charge in [-0.05, 0) is 0 Å². The van der Waals surface area contributed by atoms with E-state index in [-0.39, 0.29) is 0 Å². The summed E-state index contributed by atoms with van der Waals surface area (Å²) in [6, 6.07) is 0. The average molecular weight is 129 g/mol. The highest BCUT2D eigenvalue weighted by atomic mass is 27.2. The van der Waals surface area contributed by atoms with Crippen molar-refractivity contribution in [3.63, 3.8) is 0 Å². The predicted molar refractivity (Wildman–Crippen MR) is 43.1 cm³/mol. The van der Waals surface area contributed by atoms with Crippen LogP contribution >= 0.6 is 0 Å². The van der Waals surface area contributed by atoms with Gasteiger partial charge in [-0.15, -0.1) is 20.8 Å². The fourth-order valence-electron chi connectivity index (χ4n) is 0.866. The molecular weight excluding hydrogens is 111 g/mol. The monoisotopic (exact) mass is 129 g/mol. The molecule has 0 radical (unpaired) electrons. The van der Waals surface area contributed by atoms with Gasteiger partial charge in [-0.2, -0.15) is 15.8 Å². The summed E-state index contributed by atoms with van der Waals surface area (Å²) >= 11 is -0.931. The lowest BCUT2D eigenvalue weighted by atomic mass is 10.9. The second-order valence-corrected chi connectivity index (χ2v) is 9.95. The predicted octanol–water partition coefficient (Wildman–Crippen LogP) is 3.12. The molecule has 0 nitrogen and oxygen atoms in total. The van der Waals surface area contributed by atoms with Crippen LogP contribution in [-0.4, -0.2) is 13.1 Å². The van der Waals surface area contributed by atoms with Gasteiger partial charge in [-0.1, -0.05) is 0 Å². The molecule has 0 N–H and O–H groups in total. The van der Waals surface area contributed by atoms with Crippen LogP contribution in [0, 0.1) is 0 Å². The summed E-state index contributed by atoms with van der Waals surface area (Å²) in [5, 5.41) is 4.46. The molecule has 8 heavy (non-hydrogen) atoms. The molecule has 0 aromatic rings. The fraction of sp³-hybridized carbons (Fsp3) is 1.00. The molecule has 0 saturated heterocycles. The first-order chi connectivity index (χ1) is 3.68. The molecule has 0 bridgehead atoms. The Morgan fingerprint density at radius 1 is 0.875 bits per heavy atom. The van der Waals surface area contributed by atoms with Gasteiger partial charge in [-0.3, -0.25) is 0 Å². The first-order valence-corrected chi connectivity index (χ1v) is 7.53. The largest absolute Gasteiger partial charge is 0.203 e. The molecular formula is C7H18Al-. The molecule has 0 rings (SSSR count). The van der Waals surface area contributed by atoms with E-state index in [1.807, 2.05) is 0 Å². The zero-order chi connectivity index (χ0) is 6.62. The Labute approximate surface area is 56.0 Å². The molecule has 1 heteroatoms. The Morgan fingerprint density at radius 3 is 1.12 bits per heavy atom. The van der Waals surface area contributed by atoms with Gasteiger partial charge in [0.1, 0.15) is 13.1 Å². The highest BCUT2D eigenvalue weighted by Crippen LogP contribution is 2.18. The van der Waals surface area contributed by atoms with Crippen molar-refractivity contribution in [2.75, 3.05) is 0 Å². The minimum atomic E-state index is -0.931. The summed E-state index contributed by atoms with van der Waals surface area (Å²) in [6.07, 6.45) is 0. The maximum atomic E-state index is 2.52. The van der Waals surface area contributed by atoms with Crippen molar-refractivity contribution in [1.82, 2.24) is 0 Å². The highest BCUT2D eigenvalue weighted by Gasteiger charge is 2.15. The van der Waals surface area contributed by atoms with Gasteiger partial charge in [0.15, 0.2) is 0 Å². The summed E-state index contributed by atoms with van der Waals surface area (Å²) in [5.41, 5.74) is 0. The molecule has 0 fully saturated rings. The Morgan fingerprint density at radius 2 is 1.12 bits per heavy atom. The maximum Gasteiger partial charge on any atom is 0.130 e. The van der Waals surface area contributed by atoms with Gasteiger partial charge in [0.05, 0.1) is 0 Å². The minimum Gasteiger partial charge on any atom is -0.203 e. The number of hydrogen-bond acceptors (Lipinski definition) is 0. The topological polar surface area (TPSA) is 0 Å². The summed E-state index contributed by atoms with van der Waals surface area (Å²) in [4.78, 5) is 0. The van der Waals surface area contributed by atoms with E-state index in [0.29, 0.717) is 0 Å². The lowest BCUT2D eigenvalue weighted by Crippen LogP contribution is -2.25. The van der Waals surface area contributed by atoms with Gasteiger partial charge < -0.3 is 0 Å². The molecule has 0 aliphatic heterocycles. The third kappa shape index (κ3) is 2.20. The van der Waals surface area contributed by atoms with Crippen LogP contribution in [0.2, 0.25) is 21.6 Å². The smallest absolute Gasteiger partial charge is 0.130 e. The molecule has 50 valence electrons. The number of rotatable bonds is 3. The average Bonchev–Trinajstić information content (AvgIpc) is 1.87. The molecule has 0 amide bonds. The van der Waals surface area contributed by atoms with Crippen molar-refractivity contribution >= 4 is 13.1 Å². The quantitative estimate of drug-likeness (QED) is 0.513. The third-order valence-electron chi connectivity index (χ3n) is 2.96. The van der Waals surface area contributed by atoms with Crippen molar-refractivity contribution < 1.29 is 0 Å². The summed E-state index contributed by atoms with van der Waals surface area (Å²) in [5.74, 6) is 2.52. The Bertz CT molecular complexity index is 47.1. The van der Waals surface area contributed by atoms with Gasteiger partial charge >= 0.3 is 0 Å². The summed E-state index contributed by atoms with van der Waals surface area (Å²) in [7, 11) is 0. The Balaban J connectivity index is 3.58. The van der Waals surface area contributed by atoms with E-state index < -0.39 is 13.1 Å². The normalized spacial score (nSPS) is 12.0. The van der Waals surface area contributed by atoms with Crippen LogP contribution < -0.4 is 0 Å². The second-order valence-electron chi connectivity index (χ2n) is 3.32.